The third kappa shape index (κ3) is 6.67. The van der Waals surface area contributed by atoms with Gasteiger partial charge in [-0.3, -0.25) is 25.0 Å². The molecule has 43 heavy (non-hydrogen) atoms. The number of rotatable bonds is 9. The molecule has 0 fully saturated rings. The first-order valence-electron chi connectivity index (χ1n) is 12.7. The van der Waals surface area contributed by atoms with Crippen LogP contribution in [0.3, 0.4) is 0 Å². The Morgan fingerprint density at radius 1 is 0.767 bits per heavy atom. The Labute approximate surface area is 249 Å². The normalized spacial score (nSPS) is 11.0. The average molecular weight is 586 g/mol. The number of benzene rings is 4. The molecule has 4 aromatic carbocycles. The molecule has 0 spiro atoms. The molecule has 0 saturated carbocycles. The average Bonchev–Trinajstić information content (AvgIpc) is 3.04. The lowest BCUT2D eigenvalue weighted by molar-refractivity contribution is -0.387. The highest BCUT2D eigenvalue weighted by molar-refractivity contribution is 7.99. The molecule has 5 aromatic rings. The Kier molecular flexibility index (Phi) is 8.41. The Morgan fingerprint density at radius 3 is 1.95 bits per heavy atom. The SMILES string of the molecule is N#C/C(=C/c1ccc(Sc2nc(-c3ccccc3)cc(-c3ccccc3)n2)c([N+](=O)[O-])c1)C(=O)c1cccc([N+](=O)[O-])c1. The van der Waals surface area contributed by atoms with Crippen molar-refractivity contribution in [1.29, 1.82) is 5.26 Å². The van der Waals surface area contributed by atoms with E-state index in [-0.39, 0.29) is 33.0 Å². The summed E-state index contributed by atoms with van der Waals surface area (Å²) in [6.45, 7) is 0. The van der Waals surface area contributed by atoms with Gasteiger partial charge in [-0.05, 0) is 35.5 Å². The van der Waals surface area contributed by atoms with E-state index in [0.29, 0.717) is 16.5 Å². The Balaban J connectivity index is 1.51. The molecule has 0 radical (unpaired) electrons. The first kappa shape index (κ1) is 28.5. The molecule has 208 valence electrons. The summed E-state index contributed by atoms with van der Waals surface area (Å²) in [6.07, 6.45) is 1.21. The number of non-ortho nitro benzene ring substituents is 1. The van der Waals surface area contributed by atoms with Gasteiger partial charge in [-0.25, -0.2) is 9.97 Å². The topological polar surface area (TPSA) is 153 Å². The van der Waals surface area contributed by atoms with Gasteiger partial charge in [-0.1, -0.05) is 78.9 Å². The molecule has 11 heteroatoms. The number of nitro benzene ring substituents is 2. The minimum absolute atomic E-state index is 0.0478. The summed E-state index contributed by atoms with van der Waals surface area (Å²) in [5.41, 5.74) is 2.30. The fourth-order valence-electron chi connectivity index (χ4n) is 4.17. The van der Waals surface area contributed by atoms with Crippen molar-refractivity contribution in [2.24, 2.45) is 0 Å². The van der Waals surface area contributed by atoms with E-state index >= 15 is 0 Å². The van der Waals surface area contributed by atoms with Gasteiger partial charge in [0.25, 0.3) is 11.4 Å². The van der Waals surface area contributed by atoms with Crippen molar-refractivity contribution >= 4 is 35.0 Å². The second kappa shape index (κ2) is 12.7. The van der Waals surface area contributed by atoms with Crippen molar-refractivity contribution in [3.8, 4) is 28.6 Å². The summed E-state index contributed by atoms with van der Waals surface area (Å²) in [5.74, 6) is -0.744. The number of nitro groups is 2. The van der Waals surface area contributed by atoms with Gasteiger partial charge in [0.05, 0.1) is 26.1 Å². The summed E-state index contributed by atoms with van der Waals surface area (Å²) in [6, 6.07) is 32.0. The number of ketones is 1. The summed E-state index contributed by atoms with van der Waals surface area (Å²) >= 11 is 1.02. The highest BCUT2D eigenvalue weighted by Gasteiger charge is 2.20. The molecule has 0 atom stereocenters. The van der Waals surface area contributed by atoms with Crippen LogP contribution in [0.4, 0.5) is 11.4 Å². The lowest BCUT2D eigenvalue weighted by Gasteiger charge is -2.09. The van der Waals surface area contributed by atoms with Gasteiger partial charge < -0.3 is 0 Å². The number of hydrogen-bond donors (Lipinski definition) is 0. The van der Waals surface area contributed by atoms with Crippen LogP contribution in [-0.2, 0) is 0 Å². The number of carbonyl (C=O) groups is 1. The van der Waals surface area contributed by atoms with Crippen LogP contribution in [0, 0.1) is 31.6 Å². The number of nitrogens with zero attached hydrogens (tertiary/aromatic N) is 5. The molecule has 0 saturated heterocycles. The molecule has 0 N–H and O–H groups in total. The largest absolute Gasteiger partial charge is 0.288 e. The predicted octanol–water partition coefficient (Wildman–Crippen LogP) is 7.57. The summed E-state index contributed by atoms with van der Waals surface area (Å²) in [7, 11) is 0. The van der Waals surface area contributed by atoms with Gasteiger partial charge in [0, 0.05) is 34.9 Å². The quantitative estimate of drug-likeness (QED) is 0.0425. The van der Waals surface area contributed by atoms with Crippen molar-refractivity contribution in [2.45, 2.75) is 10.1 Å². The van der Waals surface area contributed by atoms with E-state index in [2.05, 4.69) is 9.97 Å². The van der Waals surface area contributed by atoms with E-state index in [1.54, 1.807) is 6.07 Å². The van der Waals surface area contributed by atoms with Crippen LogP contribution >= 0.6 is 11.8 Å². The Morgan fingerprint density at radius 2 is 1.40 bits per heavy atom. The molecule has 0 aliphatic carbocycles. The summed E-state index contributed by atoms with van der Waals surface area (Å²) in [4.78, 5) is 44.5. The summed E-state index contributed by atoms with van der Waals surface area (Å²) < 4.78 is 0. The second-order valence-electron chi connectivity index (χ2n) is 9.05. The lowest BCUT2D eigenvalue weighted by Crippen LogP contribution is -2.03. The molecule has 1 heterocycles. The number of allylic oxidation sites excluding steroid dienone is 1. The van der Waals surface area contributed by atoms with Crippen molar-refractivity contribution in [1.82, 2.24) is 9.97 Å². The fourth-order valence-corrected chi connectivity index (χ4v) is 5.03. The molecule has 0 aliphatic rings. The van der Waals surface area contributed by atoms with Crippen LogP contribution in [0.25, 0.3) is 28.6 Å². The predicted molar refractivity (Wildman–Crippen MR) is 161 cm³/mol. The number of Topliss-reactive ketones (excluding diaryl/α,β-unsaturated/α-hetero) is 1. The molecule has 0 aliphatic heterocycles. The maximum atomic E-state index is 12.9. The number of nitriles is 1. The molecule has 0 amide bonds. The molecule has 0 bridgehead atoms. The van der Waals surface area contributed by atoms with Gasteiger partial charge in [-0.15, -0.1) is 0 Å². The highest BCUT2D eigenvalue weighted by Crippen LogP contribution is 2.36. The zero-order valence-electron chi connectivity index (χ0n) is 22.2. The van der Waals surface area contributed by atoms with E-state index in [4.69, 9.17) is 0 Å². The third-order valence-electron chi connectivity index (χ3n) is 6.22. The first-order chi connectivity index (χ1) is 20.8. The molecule has 5 rings (SSSR count). The molecule has 10 nitrogen and oxygen atoms in total. The molecule has 1 aromatic heterocycles. The molecule has 0 unspecified atom stereocenters. The summed E-state index contributed by atoms with van der Waals surface area (Å²) in [5, 5.41) is 33.1. The van der Waals surface area contributed by atoms with Crippen LogP contribution in [0.2, 0.25) is 0 Å². The maximum Gasteiger partial charge on any atom is 0.283 e. The van der Waals surface area contributed by atoms with Gasteiger partial charge in [0.15, 0.2) is 5.16 Å². The zero-order valence-corrected chi connectivity index (χ0v) is 23.0. The van der Waals surface area contributed by atoms with Crippen LogP contribution in [0.1, 0.15) is 15.9 Å². The van der Waals surface area contributed by atoms with Crippen molar-refractivity contribution < 1.29 is 14.6 Å². The van der Waals surface area contributed by atoms with E-state index in [9.17, 15) is 30.3 Å². The smallest absolute Gasteiger partial charge is 0.283 e. The minimum Gasteiger partial charge on any atom is -0.288 e. The van der Waals surface area contributed by atoms with Crippen LogP contribution in [0.15, 0.2) is 125 Å². The van der Waals surface area contributed by atoms with Gasteiger partial charge in [0.2, 0.25) is 5.78 Å². The number of carbonyl (C=O) groups excluding carboxylic acids is 1. The second-order valence-corrected chi connectivity index (χ2v) is 10.1. The van der Waals surface area contributed by atoms with Crippen LogP contribution in [-0.4, -0.2) is 25.6 Å². The van der Waals surface area contributed by atoms with Crippen molar-refractivity contribution in [3.63, 3.8) is 0 Å². The van der Waals surface area contributed by atoms with E-state index < -0.39 is 15.6 Å². The maximum absolute atomic E-state index is 12.9. The van der Waals surface area contributed by atoms with E-state index in [0.717, 1.165) is 29.0 Å². The minimum atomic E-state index is -0.744. The Hall–Kier alpha value is -5.99. The zero-order chi connectivity index (χ0) is 30.3. The Bertz CT molecular complexity index is 1880. The van der Waals surface area contributed by atoms with Gasteiger partial charge in [0.1, 0.15) is 11.6 Å². The van der Waals surface area contributed by atoms with Gasteiger partial charge in [-0.2, -0.15) is 5.26 Å². The standard InChI is InChI=1S/C32H19N5O5S/c33-20-25(31(38)24-12-7-13-26(18-24)36(39)40)16-21-14-15-30(29(17-21)37(41)42)43-32-34-27(22-8-3-1-4-9-22)19-28(35-32)23-10-5-2-6-11-23/h1-19H/b25-16-. The third-order valence-corrected chi connectivity index (χ3v) is 7.15. The van der Waals surface area contributed by atoms with E-state index in [1.807, 2.05) is 66.7 Å². The van der Waals surface area contributed by atoms with Crippen molar-refractivity contribution in [3.05, 3.63) is 146 Å². The van der Waals surface area contributed by atoms with E-state index in [1.165, 1.54) is 42.5 Å². The monoisotopic (exact) mass is 585 g/mol. The fraction of sp³-hybridized carbons (Fsp3) is 0. The molecular formula is C32H19N5O5S. The van der Waals surface area contributed by atoms with Crippen LogP contribution < -0.4 is 0 Å². The van der Waals surface area contributed by atoms with Crippen molar-refractivity contribution in [2.75, 3.05) is 0 Å². The van der Waals surface area contributed by atoms with Gasteiger partial charge >= 0.3 is 0 Å². The molecular weight excluding hydrogens is 566 g/mol. The number of aromatic nitrogens is 2. The number of hydrogen-bond acceptors (Lipinski definition) is 9. The first-order valence-corrected chi connectivity index (χ1v) is 13.5. The highest BCUT2D eigenvalue weighted by atomic mass is 32.2. The van der Waals surface area contributed by atoms with Crippen LogP contribution in [0.5, 0.6) is 0 Å². The lowest BCUT2D eigenvalue weighted by atomic mass is 10.0.